The van der Waals surface area contributed by atoms with E-state index in [-0.39, 0.29) is 6.79 Å². The highest BCUT2D eigenvalue weighted by atomic mass is 19.2. The summed E-state index contributed by atoms with van der Waals surface area (Å²) in [6, 6.07) is 10.1. The quantitative estimate of drug-likeness (QED) is 0.0469. The lowest BCUT2D eigenvalue weighted by Gasteiger charge is -2.44. The summed E-state index contributed by atoms with van der Waals surface area (Å²) >= 11 is 0. The Kier molecular flexibility index (Phi) is 13.0. The number of hydrogen-bond donors (Lipinski definition) is 1. The molecule has 25 heteroatoms. The van der Waals surface area contributed by atoms with E-state index in [9.17, 15) is 52.7 Å². The molecule has 0 aliphatic heterocycles. The fourth-order valence-corrected chi connectivity index (χ4v) is 6.32. The number of rotatable bonds is 8. The lowest BCUT2D eigenvalue weighted by molar-refractivity contribution is -0.689. The Bertz CT molecular complexity index is 2320. The van der Waals surface area contributed by atoms with E-state index in [4.69, 9.17) is 9.84 Å². The van der Waals surface area contributed by atoms with Crippen LogP contribution in [0.1, 0.15) is 5.56 Å². The standard InChI is InChI=1S/C24BF20.C12H13N2O2/c26-5-1(6(27)14(35)21(42)13(5)34)25(2-7(28)15(36)22(43)16(37)8(2)29,3-9(30)17(38)23(44)18(39)10(3)31)4-11(32)19(40)24(45)20(41)12(4)33;15-10-16-12-9-14(7-6-13-12)8-11-4-2-1-3-5-11/h;1-7,9,15H,8,10H2/q-1;+1. The second-order valence-electron chi connectivity index (χ2n) is 12.1. The molecule has 1 N–H and O–H groups in total. The van der Waals surface area contributed by atoms with Gasteiger partial charge in [-0.2, -0.15) is 4.57 Å². The van der Waals surface area contributed by atoms with E-state index in [1.807, 2.05) is 29.0 Å². The SMILES string of the molecule is Fc1c(F)c(F)c([B-](c2c(F)c(F)c(F)c(F)c2F)(c2c(F)c(F)c(F)c(F)c2F)c2c(F)c(F)c(F)c(F)c2F)c(F)c1F.OCOc1c[n+](Cc2ccccc2)ccn1. The summed E-state index contributed by atoms with van der Waals surface area (Å²) in [5, 5.41) is 8.63. The molecule has 0 saturated carbocycles. The first-order valence-corrected chi connectivity index (χ1v) is 15.9. The maximum absolute atomic E-state index is 15.4. The number of aliphatic hydroxyl groups excluding tert-OH is 1. The minimum atomic E-state index is -7.22. The highest BCUT2D eigenvalue weighted by Gasteiger charge is 2.52. The zero-order chi connectivity index (χ0) is 45.6. The number of aliphatic hydroxyl groups is 1. The van der Waals surface area contributed by atoms with Crippen LogP contribution >= 0.6 is 0 Å². The molecule has 1 heterocycles. The Morgan fingerprint density at radius 1 is 0.426 bits per heavy atom. The van der Waals surface area contributed by atoms with E-state index in [1.165, 1.54) is 5.56 Å². The number of ether oxygens (including phenoxy) is 1. The summed E-state index contributed by atoms with van der Waals surface area (Å²) in [6.45, 7) is 0.396. The first-order valence-electron chi connectivity index (χ1n) is 15.9. The Labute approximate surface area is 325 Å². The van der Waals surface area contributed by atoms with Crippen molar-refractivity contribution in [2.45, 2.75) is 6.54 Å². The third-order valence-corrected chi connectivity index (χ3v) is 8.86. The van der Waals surface area contributed by atoms with Gasteiger partial charge >= 0.3 is 0 Å². The van der Waals surface area contributed by atoms with Crippen LogP contribution in [0.3, 0.4) is 0 Å². The minimum Gasteiger partial charge on any atom is -0.446 e. The second-order valence-corrected chi connectivity index (χ2v) is 12.1. The van der Waals surface area contributed by atoms with Crippen LogP contribution in [0.2, 0.25) is 0 Å². The van der Waals surface area contributed by atoms with Gasteiger partial charge < -0.3 is 9.84 Å². The predicted octanol–water partition coefficient (Wildman–Crippen LogP) is 6.59. The monoisotopic (exact) mass is 896 g/mol. The summed E-state index contributed by atoms with van der Waals surface area (Å²) < 4.78 is 301. The molecule has 1 aromatic heterocycles. The molecule has 6 aromatic rings. The molecule has 0 aliphatic carbocycles. The molecule has 0 saturated heterocycles. The van der Waals surface area contributed by atoms with Gasteiger partial charge in [-0.05, 0) is 0 Å². The van der Waals surface area contributed by atoms with E-state index in [0.29, 0.717) is 5.88 Å². The van der Waals surface area contributed by atoms with Gasteiger partial charge in [-0.15, -0.1) is 21.9 Å². The van der Waals surface area contributed by atoms with Crippen molar-refractivity contribution in [3.05, 3.63) is 171 Å². The molecule has 0 spiro atoms. The molecule has 0 amide bonds. The number of nitrogens with zero attached hydrogens (tertiary/aromatic N) is 2. The van der Waals surface area contributed by atoms with Crippen molar-refractivity contribution in [1.82, 2.24) is 4.98 Å². The highest BCUT2D eigenvalue weighted by molar-refractivity contribution is 7.20. The van der Waals surface area contributed by atoms with Crippen molar-refractivity contribution in [3.63, 3.8) is 0 Å². The van der Waals surface area contributed by atoms with Gasteiger partial charge in [-0.3, -0.25) is 0 Å². The molecule has 322 valence electrons. The second kappa shape index (κ2) is 17.3. The zero-order valence-electron chi connectivity index (χ0n) is 28.9. The van der Waals surface area contributed by atoms with E-state index >= 15 is 35.1 Å². The average molecular weight is 896 g/mol. The number of benzene rings is 5. The van der Waals surface area contributed by atoms with Crippen molar-refractivity contribution in [2.24, 2.45) is 0 Å². The average Bonchev–Trinajstić information content (AvgIpc) is 3.24. The van der Waals surface area contributed by atoms with Crippen LogP contribution in [0.4, 0.5) is 87.8 Å². The largest absolute Gasteiger partial charge is 0.446 e. The van der Waals surface area contributed by atoms with E-state index in [2.05, 4.69) is 17.1 Å². The molecule has 0 fully saturated rings. The fourth-order valence-electron chi connectivity index (χ4n) is 6.32. The number of halogens is 20. The topological polar surface area (TPSA) is 46.2 Å². The molecule has 61 heavy (non-hydrogen) atoms. The zero-order valence-corrected chi connectivity index (χ0v) is 28.9. The van der Waals surface area contributed by atoms with Gasteiger partial charge in [-0.25, -0.2) is 92.8 Å². The summed E-state index contributed by atoms with van der Waals surface area (Å²) in [7, 11) is 0. The van der Waals surface area contributed by atoms with E-state index in [0.717, 1.165) is 6.54 Å². The van der Waals surface area contributed by atoms with Gasteiger partial charge in [0.1, 0.15) is 52.7 Å². The van der Waals surface area contributed by atoms with E-state index in [1.54, 1.807) is 12.4 Å². The third-order valence-electron chi connectivity index (χ3n) is 8.86. The summed E-state index contributed by atoms with van der Waals surface area (Å²) in [4.78, 5) is 3.97. The van der Waals surface area contributed by atoms with E-state index < -0.39 is 144 Å². The maximum Gasteiger partial charge on any atom is 0.282 e. The molecular weight excluding hydrogens is 883 g/mol. The van der Waals surface area contributed by atoms with Gasteiger partial charge in [0.15, 0.2) is 89.3 Å². The lowest BCUT2D eigenvalue weighted by atomic mass is 9.12. The lowest BCUT2D eigenvalue weighted by Crippen LogP contribution is -2.81. The first-order chi connectivity index (χ1) is 28.6. The van der Waals surface area contributed by atoms with Gasteiger partial charge in [0.25, 0.3) is 5.88 Å². The van der Waals surface area contributed by atoms with Gasteiger partial charge in [0.2, 0.25) is 6.20 Å². The molecule has 0 bridgehead atoms. The van der Waals surface area contributed by atoms with Crippen molar-refractivity contribution in [1.29, 1.82) is 0 Å². The molecule has 0 unspecified atom stereocenters. The normalized spacial score (nSPS) is 11.5. The Morgan fingerprint density at radius 3 is 0.984 bits per heavy atom. The van der Waals surface area contributed by atoms with Gasteiger partial charge in [0, 0.05) is 5.56 Å². The van der Waals surface area contributed by atoms with Crippen molar-refractivity contribution in [2.75, 3.05) is 6.79 Å². The number of hydrogen-bond acceptors (Lipinski definition) is 3. The van der Waals surface area contributed by atoms with Crippen molar-refractivity contribution in [3.8, 4) is 5.88 Å². The first kappa shape index (κ1) is 45.7. The molecule has 6 rings (SSSR count). The highest BCUT2D eigenvalue weighted by Crippen LogP contribution is 2.30. The van der Waals surface area contributed by atoms with Crippen molar-refractivity contribution >= 4 is 28.0 Å². The molecule has 4 nitrogen and oxygen atoms in total. The molecule has 0 aliphatic rings. The maximum atomic E-state index is 15.4. The van der Waals surface area contributed by atoms with Gasteiger partial charge in [0.05, 0.1) is 6.20 Å². The Morgan fingerprint density at radius 2 is 0.705 bits per heavy atom. The van der Waals surface area contributed by atoms with Crippen LogP contribution in [-0.2, 0) is 6.54 Å². The van der Waals surface area contributed by atoms with Crippen LogP contribution in [0.5, 0.6) is 5.88 Å². The predicted molar refractivity (Wildman–Crippen MR) is 167 cm³/mol. The summed E-state index contributed by atoms with van der Waals surface area (Å²) in [6.07, 6.45) is -1.96. The molecule has 0 radical (unpaired) electrons. The van der Waals surface area contributed by atoms with Gasteiger partial charge in [-0.1, -0.05) is 30.3 Å². The summed E-state index contributed by atoms with van der Waals surface area (Å²) in [5.41, 5.74) is -13.1. The Hall–Kier alpha value is -6.40. The number of aromatic nitrogens is 2. The molecular formula is C36H13BF20N2O2. The van der Waals surface area contributed by atoms with Crippen LogP contribution in [0.25, 0.3) is 0 Å². The van der Waals surface area contributed by atoms with Crippen molar-refractivity contribution < 1.29 is 102 Å². The third kappa shape index (κ3) is 7.43. The van der Waals surface area contributed by atoms with Crippen LogP contribution in [0, 0.1) is 116 Å². The van der Waals surface area contributed by atoms with Crippen LogP contribution in [-0.4, -0.2) is 23.0 Å². The fraction of sp³-hybridized carbons (Fsp3) is 0.0556. The minimum absolute atomic E-state index is 0.359. The smallest absolute Gasteiger partial charge is 0.282 e. The Balaban J connectivity index is 0.000000366. The van der Waals surface area contributed by atoms with Crippen LogP contribution < -0.4 is 31.2 Å². The summed E-state index contributed by atoms with van der Waals surface area (Å²) in [5.74, 6) is -71.0. The molecule has 0 atom stereocenters. The van der Waals surface area contributed by atoms with Crippen LogP contribution in [0.15, 0.2) is 48.9 Å². The molecule has 5 aromatic carbocycles.